The van der Waals surface area contributed by atoms with E-state index in [9.17, 15) is 0 Å². The second kappa shape index (κ2) is 4.66. The van der Waals surface area contributed by atoms with Crippen molar-refractivity contribution in [2.24, 2.45) is 0 Å². The molecule has 0 N–H and O–H groups in total. The lowest BCUT2D eigenvalue weighted by atomic mass is 10.0. The Kier molecular flexibility index (Phi) is 3.79. The summed E-state index contributed by atoms with van der Waals surface area (Å²) in [5, 5.41) is 0. The Morgan fingerprint density at radius 3 is 2.62 bits per heavy atom. The fraction of sp³-hybridized carbons (Fsp3) is 0.455. The monoisotopic (exact) mass is 242 g/mol. The maximum Gasteiger partial charge on any atom is 0.119 e. The highest BCUT2D eigenvalue weighted by Crippen LogP contribution is 2.30. The van der Waals surface area contributed by atoms with E-state index in [4.69, 9.17) is 4.74 Å². The molecule has 0 aromatic heterocycles. The molecular formula is C11H15BrO. The van der Waals surface area contributed by atoms with Crippen LogP contribution in [0.25, 0.3) is 0 Å². The van der Waals surface area contributed by atoms with E-state index in [2.05, 4.69) is 41.9 Å². The first-order valence-corrected chi connectivity index (χ1v) is 5.39. The van der Waals surface area contributed by atoms with Gasteiger partial charge < -0.3 is 4.74 Å². The molecule has 1 aromatic rings. The highest BCUT2D eigenvalue weighted by atomic mass is 79.9. The third-order valence-corrected chi connectivity index (χ3v) is 3.31. The van der Waals surface area contributed by atoms with Crippen LogP contribution in [0.1, 0.15) is 29.3 Å². The summed E-state index contributed by atoms with van der Waals surface area (Å²) in [7, 11) is 1.69. The maximum atomic E-state index is 5.15. The number of hydrogen-bond donors (Lipinski definition) is 0. The van der Waals surface area contributed by atoms with E-state index in [-0.39, 0.29) is 0 Å². The first kappa shape index (κ1) is 10.6. The molecule has 2 heteroatoms. The Morgan fingerprint density at radius 1 is 1.46 bits per heavy atom. The van der Waals surface area contributed by atoms with Gasteiger partial charge in [0.1, 0.15) is 5.75 Å². The molecular weight excluding hydrogens is 228 g/mol. The van der Waals surface area contributed by atoms with E-state index in [0.717, 1.165) is 12.2 Å². The fourth-order valence-corrected chi connectivity index (χ4v) is 1.86. The minimum Gasteiger partial charge on any atom is -0.497 e. The predicted octanol–water partition coefficient (Wildman–Crippen LogP) is 3.85. The van der Waals surface area contributed by atoms with Crippen molar-refractivity contribution in [3.05, 3.63) is 29.3 Å². The van der Waals surface area contributed by atoms with Crippen molar-refractivity contribution in [1.82, 2.24) is 0 Å². The smallest absolute Gasteiger partial charge is 0.119 e. The van der Waals surface area contributed by atoms with E-state index in [1.165, 1.54) is 11.1 Å². The molecule has 1 aromatic carbocycles. The van der Waals surface area contributed by atoms with Crippen LogP contribution in [0.15, 0.2) is 18.2 Å². The number of aryl methyl sites for hydroxylation is 1. The summed E-state index contributed by atoms with van der Waals surface area (Å²) >= 11 is 3.64. The van der Waals surface area contributed by atoms with Gasteiger partial charge in [0.05, 0.1) is 7.11 Å². The van der Waals surface area contributed by atoms with Gasteiger partial charge in [0, 0.05) is 4.83 Å². The number of alkyl halides is 1. The number of rotatable bonds is 3. The molecule has 0 radical (unpaired) electrons. The molecule has 0 bridgehead atoms. The van der Waals surface area contributed by atoms with E-state index in [1.807, 2.05) is 6.07 Å². The topological polar surface area (TPSA) is 9.23 Å². The maximum absolute atomic E-state index is 5.15. The van der Waals surface area contributed by atoms with Crippen molar-refractivity contribution < 1.29 is 4.74 Å². The minimum absolute atomic E-state index is 0.457. The lowest BCUT2D eigenvalue weighted by Crippen LogP contribution is -1.93. The van der Waals surface area contributed by atoms with Crippen LogP contribution in [0.5, 0.6) is 5.75 Å². The van der Waals surface area contributed by atoms with E-state index in [1.54, 1.807) is 7.11 Å². The Balaban J connectivity index is 2.98. The largest absolute Gasteiger partial charge is 0.497 e. The van der Waals surface area contributed by atoms with E-state index in [0.29, 0.717) is 4.83 Å². The fourth-order valence-electron chi connectivity index (χ4n) is 1.35. The Labute approximate surface area is 88.2 Å². The Hall–Kier alpha value is -0.500. The van der Waals surface area contributed by atoms with Crippen molar-refractivity contribution in [1.29, 1.82) is 0 Å². The van der Waals surface area contributed by atoms with Crippen molar-refractivity contribution in [2.75, 3.05) is 7.11 Å². The van der Waals surface area contributed by atoms with Gasteiger partial charge in [0.2, 0.25) is 0 Å². The molecule has 0 fully saturated rings. The standard InChI is InChI=1S/C11H15BrO/c1-4-11(12)10-6-5-9(13-3)7-8(10)2/h5-7,11H,4H2,1-3H3. The van der Waals surface area contributed by atoms with Gasteiger partial charge in [0.25, 0.3) is 0 Å². The molecule has 1 unspecified atom stereocenters. The van der Waals surface area contributed by atoms with Gasteiger partial charge in [-0.2, -0.15) is 0 Å². The SMILES string of the molecule is CCC(Br)c1ccc(OC)cc1C. The van der Waals surface area contributed by atoms with Gasteiger partial charge >= 0.3 is 0 Å². The normalized spacial score (nSPS) is 12.6. The van der Waals surface area contributed by atoms with Crippen molar-refractivity contribution in [3.8, 4) is 5.75 Å². The zero-order chi connectivity index (χ0) is 9.84. The molecule has 0 saturated heterocycles. The van der Waals surface area contributed by atoms with Crippen molar-refractivity contribution >= 4 is 15.9 Å². The molecule has 0 aliphatic rings. The van der Waals surface area contributed by atoms with Gasteiger partial charge in [-0.3, -0.25) is 0 Å². The zero-order valence-corrected chi connectivity index (χ0v) is 9.89. The Morgan fingerprint density at radius 2 is 2.15 bits per heavy atom. The van der Waals surface area contributed by atoms with Gasteiger partial charge in [0.15, 0.2) is 0 Å². The van der Waals surface area contributed by atoms with Crippen LogP contribution in [0.2, 0.25) is 0 Å². The number of benzene rings is 1. The molecule has 0 spiro atoms. The summed E-state index contributed by atoms with van der Waals surface area (Å²) in [6, 6.07) is 6.20. The third-order valence-electron chi connectivity index (χ3n) is 2.17. The van der Waals surface area contributed by atoms with Crippen LogP contribution >= 0.6 is 15.9 Å². The zero-order valence-electron chi connectivity index (χ0n) is 8.30. The average Bonchev–Trinajstić information content (AvgIpc) is 2.16. The molecule has 1 nitrogen and oxygen atoms in total. The second-order valence-electron chi connectivity index (χ2n) is 3.10. The lowest BCUT2D eigenvalue weighted by Gasteiger charge is -2.11. The highest BCUT2D eigenvalue weighted by molar-refractivity contribution is 9.09. The molecule has 1 rings (SSSR count). The molecule has 1 atom stereocenters. The predicted molar refractivity (Wildman–Crippen MR) is 59.7 cm³/mol. The highest BCUT2D eigenvalue weighted by Gasteiger charge is 2.07. The summed E-state index contributed by atoms with van der Waals surface area (Å²) in [5.74, 6) is 0.928. The number of halogens is 1. The summed E-state index contributed by atoms with van der Waals surface area (Å²) in [5.41, 5.74) is 2.63. The van der Waals surface area contributed by atoms with Crippen LogP contribution in [-0.4, -0.2) is 7.11 Å². The van der Waals surface area contributed by atoms with Crippen molar-refractivity contribution in [3.63, 3.8) is 0 Å². The molecule has 0 saturated carbocycles. The summed E-state index contributed by atoms with van der Waals surface area (Å²) < 4.78 is 5.15. The quantitative estimate of drug-likeness (QED) is 0.732. The third kappa shape index (κ3) is 2.47. The Bertz CT molecular complexity index is 283. The van der Waals surface area contributed by atoms with E-state index >= 15 is 0 Å². The minimum atomic E-state index is 0.457. The average molecular weight is 243 g/mol. The second-order valence-corrected chi connectivity index (χ2v) is 4.20. The van der Waals surface area contributed by atoms with Crippen LogP contribution in [-0.2, 0) is 0 Å². The lowest BCUT2D eigenvalue weighted by molar-refractivity contribution is 0.414. The van der Waals surface area contributed by atoms with E-state index < -0.39 is 0 Å². The van der Waals surface area contributed by atoms with Gasteiger partial charge in [-0.1, -0.05) is 28.9 Å². The molecule has 72 valence electrons. The van der Waals surface area contributed by atoms with Crippen LogP contribution < -0.4 is 4.74 Å². The van der Waals surface area contributed by atoms with Gasteiger partial charge in [-0.25, -0.2) is 0 Å². The summed E-state index contributed by atoms with van der Waals surface area (Å²) in [6.07, 6.45) is 1.10. The molecule has 0 heterocycles. The molecule has 0 amide bonds. The van der Waals surface area contributed by atoms with Gasteiger partial charge in [-0.05, 0) is 36.6 Å². The first-order valence-electron chi connectivity index (χ1n) is 4.47. The van der Waals surface area contributed by atoms with Crippen molar-refractivity contribution in [2.45, 2.75) is 25.1 Å². The molecule has 0 aliphatic carbocycles. The van der Waals surface area contributed by atoms with Crippen LogP contribution in [0.3, 0.4) is 0 Å². The molecule has 13 heavy (non-hydrogen) atoms. The first-order chi connectivity index (χ1) is 6.19. The summed E-state index contributed by atoms with van der Waals surface area (Å²) in [4.78, 5) is 0.457. The van der Waals surface area contributed by atoms with Gasteiger partial charge in [-0.15, -0.1) is 0 Å². The van der Waals surface area contributed by atoms with Crippen LogP contribution in [0, 0.1) is 6.92 Å². The summed E-state index contributed by atoms with van der Waals surface area (Å²) in [6.45, 7) is 4.28. The van der Waals surface area contributed by atoms with Crippen LogP contribution in [0.4, 0.5) is 0 Å². The molecule has 0 aliphatic heterocycles. The number of methoxy groups -OCH3 is 1. The number of hydrogen-bond acceptors (Lipinski definition) is 1. The number of ether oxygens (including phenoxy) is 1.